The quantitative estimate of drug-likeness (QED) is 0.220. The molecule has 0 saturated carbocycles. The van der Waals surface area contributed by atoms with Gasteiger partial charge in [0, 0.05) is 25.2 Å². The summed E-state index contributed by atoms with van der Waals surface area (Å²) in [6, 6.07) is 15.0. The fraction of sp³-hybridized carbons (Fsp3) is 0.412. The molecule has 0 aromatic heterocycles. The molecule has 1 N–H and O–H groups in total. The third-order valence-electron chi connectivity index (χ3n) is 7.46. The minimum absolute atomic E-state index is 0.0376. The van der Waals surface area contributed by atoms with Gasteiger partial charge in [-0.1, -0.05) is 32.9 Å². The Balaban J connectivity index is 2.18. The van der Waals surface area contributed by atoms with Gasteiger partial charge in [-0.15, -0.1) is 0 Å². The Kier molecular flexibility index (Phi) is 13.1. The van der Waals surface area contributed by atoms with E-state index >= 15 is 0 Å². The zero-order valence-corrected chi connectivity index (χ0v) is 29.1. The Morgan fingerprint density at radius 3 is 1.91 bits per heavy atom. The highest BCUT2D eigenvalue weighted by Crippen LogP contribution is 2.38. The maximum atomic E-state index is 14.5. The van der Waals surface area contributed by atoms with Crippen molar-refractivity contribution in [3.05, 3.63) is 66.2 Å². The lowest BCUT2D eigenvalue weighted by Gasteiger charge is -2.33. The van der Waals surface area contributed by atoms with Crippen LogP contribution in [-0.2, 0) is 26.2 Å². The second-order valence-corrected chi connectivity index (χ2v) is 12.9. The molecule has 47 heavy (non-hydrogen) atoms. The first-order valence-corrected chi connectivity index (χ1v) is 16.5. The first kappa shape index (κ1) is 36.8. The molecule has 2 amide bonds. The number of amides is 2. The monoisotopic (exact) mass is 671 g/mol. The Morgan fingerprint density at radius 1 is 0.766 bits per heavy atom. The van der Waals surface area contributed by atoms with E-state index < -0.39 is 28.5 Å². The molecule has 0 heterocycles. The number of sulfonamides is 1. The van der Waals surface area contributed by atoms with Gasteiger partial charge in [-0.05, 0) is 54.3 Å². The lowest BCUT2D eigenvalue weighted by molar-refractivity contribution is -0.140. The molecule has 0 bridgehead atoms. The van der Waals surface area contributed by atoms with Gasteiger partial charge in [-0.3, -0.25) is 13.9 Å². The molecule has 3 rings (SSSR count). The molecule has 13 heteroatoms. The van der Waals surface area contributed by atoms with Gasteiger partial charge in [0.25, 0.3) is 10.0 Å². The molecule has 1 atom stereocenters. The van der Waals surface area contributed by atoms with E-state index in [4.69, 9.17) is 23.7 Å². The van der Waals surface area contributed by atoms with E-state index in [0.717, 1.165) is 9.87 Å². The minimum atomic E-state index is -4.46. The SMILES string of the molecule is CC[C@@H](C(=O)NCC(C)C)N(Cc1ccc(OC)cc1)C(=O)CN(c1cc(OC)ccc1OC)S(=O)(=O)c1ccc(OC)c(OC)c1. The van der Waals surface area contributed by atoms with Crippen molar-refractivity contribution in [2.24, 2.45) is 5.92 Å². The molecular weight excluding hydrogens is 626 g/mol. The van der Waals surface area contributed by atoms with E-state index in [0.29, 0.717) is 23.8 Å². The van der Waals surface area contributed by atoms with Crippen LogP contribution in [0.3, 0.4) is 0 Å². The normalized spacial score (nSPS) is 11.8. The van der Waals surface area contributed by atoms with E-state index in [1.165, 1.54) is 57.6 Å². The predicted octanol–water partition coefficient (Wildman–Crippen LogP) is 4.50. The van der Waals surface area contributed by atoms with Crippen LogP contribution in [0.5, 0.6) is 28.7 Å². The molecule has 0 fully saturated rings. The van der Waals surface area contributed by atoms with Crippen molar-refractivity contribution in [2.75, 3.05) is 52.9 Å². The highest BCUT2D eigenvalue weighted by atomic mass is 32.2. The standard InChI is InChI=1S/C34H45N3O9S/c1-9-28(34(39)35-20-23(2)3)36(21-24-10-12-25(42-4)13-11-24)33(38)22-37(29-18-26(43-5)14-16-30(29)44-6)47(40,41)27-15-17-31(45-7)32(19-27)46-8/h10-19,23,28H,9,20-22H2,1-8H3,(H,35,39)/t28-/m0/s1. The van der Waals surface area contributed by atoms with Crippen LogP contribution in [0.4, 0.5) is 5.69 Å². The number of ether oxygens (including phenoxy) is 5. The van der Waals surface area contributed by atoms with E-state index in [1.807, 2.05) is 13.8 Å². The zero-order chi connectivity index (χ0) is 34.7. The lowest BCUT2D eigenvalue weighted by Crippen LogP contribution is -2.52. The van der Waals surface area contributed by atoms with E-state index in [2.05, 4.69) is 5.32 Å². The topological polar surface area (TPSA) is 133 Å². The largest absolute Gasteiger partial charge is 0.497 e. The third-order valence-corrected chi connectivity index (χ3v) is 9.21. The van der Waals surface area contributed by atoms with Crippen molar-refractivity contribution < 1.29 is 41.7 Å². The van der Waals surface area contributed by atoms with Crippen molar-refractivity contribution >= 4 is 27.5 Å². The maximum absolute atomic E-state index is 14.5. The fourth-order valence-corrected chi connectivity index (χ4v) is 6.31. The number of nitrogens with zero attached hydrogens (tertiary/aromatic N) is 2. The van der Waals surface area contributed by atoms with Crippen LogP contribution < -0.4 is 33.3 Å². The van der Waals surface area contributed by atoms with E-state index in [-0.39, 0.29) is 46.9 Å². The van der Waals surface area contributed by atoms with Crippen LogP contribution in [0.15, 0.2) is 65.6 Å². The first-order valence-electron chi connectivity index (χ1n) is 15.1. The van der Waals surface area contributed by atoms with Gasteiger partial charge in [0.1, 0.15) is 29.8 Å². The number of rotatable bonds is 17. The third kappa shape index (κ3) is 9.00. The smallest absolute Gasteiger partial charge is 0.265 e. The Labute approximate surface area is 277 Å². The average molecular weight is 672 g/mol. The van der Waals surface area contributed by atoms with Crippen molar-refractivity contribution in [3.8, 4) is 28.7 Å². The van der Waals surface area contributed by atoms with Crippen LogP contribution in [0.25, 0.3) is 0 Å². The second kappa shape index (κ2) is 16.8. The van der Waals surface area contributed by atoms with Gasteiger partial charge < -0.3 is 33.9 Å². The Bertz CT molecular complexity index is 1610. The molecular formula is C34H45N3O9S. The van der Waals surface area contributed by atoms with Gasteiger partial charge in [0.2, 0.25) is 11.8 Å². The summed E-state index contributed by atoms with van der Waals surface area (Å²) in [6.07, 6.45) is 0.288. The molecule has 0 aliphatic heterocycles. The summed E-state index contributed by atoms with van der Waals surface area (Å²) in [6.45, 7) is 5.54. The van der Waals surface area contributed by atoms with Gasteiger partial charge in [-0.2, -0.15) is 0 Å². The first-order chi connectivity index (χ1) is 22.4. The molecule has 0 unspecified atom stereocenters. The number of anilines is 1. The number of carbonyl (C=O) groups is 2. The summed E-state index contributed by atoms with van der Waals surface area (Å²) in [5.74, 6) is 0.915. The van der Waals surface area contributed by atoms with Crippen LogP contribution in [-0.4, -0.2) is 79.8 Å². The van der Waals surface area contributed by atoms with E-state index in [1.54, 1.807) is 50.4 Å². The number of hydrogen-bond donors (Lipinski definition) is 1. The lowest BCUT2D eigenvalue weighted by atomic mass is 10.1. The average Bonchev–Trinajstić information content (AvgIpc) is 3.08. The Hall–Kier alpha value is -4.65. The number of carbonyl (C=O) groups excluding carboxylic acids is 2. The van der Waals surface area contributed by atoms with Crippen LogP contribution in [0.2, 0.25) is 0 Å². The van der Waals surface area contributed by atoms with Crippen LogP contribution >= 0.6 is 0 Å². The van der Waals surface area contributed by atoms with Gasteiger partial charge in [0.15, 0.2) is 11.5 Å². The second-order valence-electron chi connectivity index (χ2n) is 11.0. The molecule has 0 spiro atoms. The molecule has 3 aromatic carbocycles. The number of methoxy groups -OCH3 is 5. The maximum Gasteiger partial charge on any atom is 0.265 e. The summed E-state index contributed by atoms with van der Waals surface area (Å²) in [4.78, 5) is 29.2. The van der Waals surface area contributed by atoms with Gasteiger partial charge >= 0.3 is 0 Å². The van der Waals surface area contributed by atoms with Crippen molar-refractivity contribution in [3.63, 3.8) is 0 Å². The Morgan fingerprint density at radius 2 is 1.36 bits per heavy atom. The highest BCUT2D eigenvalue weighted by Gasteiger charge is 2.35. The van der Waals surface area contributed by atoms with Gasteiger partial charge in [0.05, 0.1) is 46.1 Å². The number of benzene rings is 3. The zero-order valence-electron chi connectivity index (χ0n) is 28.2. The van der Waals surface area contributed by atoms with Crippen molar-refractivity contribution in [1.82, 2.24) is 10.2 Å². The summed E-state index contributed by atoms with van der Waals surface area (Å²) in [5, 5.41) is 2.92. The molecule has 0 aliphatic carbocycles. The highest BCUT2D eigenvalue weighted by molar-refractivity contribution is 7.92. The van der Waals surface area contributed by atoms with Gasteiger partial charge in [-0.25, -0.2) is 8.42 Å². The minimum Gasteiger partial charge on any atom is -0.497 e. The van der Waals surface area contributed by atoms with Crippen LogP contribution in [0, 0.1) is 5.92 Å². The van der Waals surface area contributed by atoms with Crippen molar-refractivity contribution in [2.45, 2.75) is 44.7 Å². The number of hydrogen-bond acceptors (Lipinski definition) is 9. The molecule has 12 nitrogen and oxygen atoms in total. The fourth-order valence-electron chi connectivity index (χ4n) is 4.88. The molecule has 0 aliphatic rings. The van der Waals surface area contributed by atoms with Crippen LogP contribution in [0.1, 0.15) is 32.8 Å². The van der Waals surface area contributed by atoms with E-state index in [9.17, 15) is 18.0 Å². The predicted molar refractivity (Wildman–Crippen MR) is 179 cm³/mol. The summed E-state index contributed by atoms with van der Waals surface area (Å²) in [7, 11) is 2.78. The molecule has 256 valence electrons. The summed E-state index contributed by atoms with van der Waals surface area (Å²) in [5.41, 5.74) is 0.791. The molecule has 0 saturated heterocycles. The number of nitrogens with one attached hydrogen (secondary N) is 1. The summed E-state index contributed by atoms with van der Waals surface area (Å²) >= 11 is 0. The molecule has 0 radical (unpaired) electrons. The summed E-state index contributed by atoms with van der Waals surface area (Å²) < 4.78 is 56.8. The van der Waals surface area contributed by atoms with Crippen molar-refractivity contribution in [1.29, 1.82) is 0 Å². The molecule has 3 aromatic rings.